The van der Waals surface area contributed by atoms with Gasteiger partial charge in [0, 0.05) is 46.5 Å². The van der Waals surface area contributed by atoms with Crippen LogP contribution in [0.2, 0.25) is 10.0 Å². The molecule has 0 aliphatic heterocycles. The number of amidine groups is 1. The second kappa shape index (κ2) is 11.5. The number of hydrogen-bond donors (Lipinski definition) is 3. The van der Waals surface area contributed by atoms with Gasteiger partial charge in [0.2, 0.25) is 0 Å². The van der Waals surface area contributed by atoms with E-state index in [1.165, 1.54) is 19.2 Å². The van der Waals surface area contributed by atoms with Crippen molar-refractivity contribution in [1.82, 2.24) is 5.32 Å². The number of hydrogen-bond acceptors (Lipinski definition) is 4. The van der Waals surface area contributed by atoms with E-state index in [0.717, 1.165) is 17.9 Å². The number of nitrogens with zero attached hydrogens (tertiary/aromatic N) is 1. The summed E-state index contributed by atoms with van der Waals surface area (Å²) in [5.74, 6) is 0.107. The average molecular weight is 499 g/mol. The van der Waals surface area contributed by atoms with Gasteiger partial charge in [-0.3, -0.25) is 14.6 Å². The zero-order valence-electron chi connectivity index (χ0n) is 18.9. The number of halogens is 2. The van der Waals surface area contributed by atoms with Gasteiger partial charge in [-0.05, 0) is 49.4 Å². The third-order valence-corrected chi connectivity index (χ3v) is 5.33. The highest BCUT2D eigenvalue weighted by atomic mass is 35.5. The quantitative estimate of drug-likeness (QED) is 0.296. The summed E-state index contributed by atoms with van der Waals surface area (Å²) in [6, 6.07) is 16.6. The van der Waals surface area contributed by atoms with Gasteiger partial charge in [0.1, 0.15) is 11.6 Å². The Bertz CT molecular complexity index is 1210. The number of methoxy groups -OCH3 is 1. The summed E-state index contributed by atoms with van der Waals surface area (Å²) in [4.78, 5) is 30.3. The van der Waals surface area contributed by atoms with Crippen LogP contribution >= 0.6 is 23.2 Å². The van der Waals surface area contributed by atoms with E-state index in [4.69, 9.17) is 27.9 Å². The van der Waals surface area contributed by atoms with Crippen molar-refractivity contribution >= 4 is 52.2 Å². The van der Waals surface area contributed by atoms with Crippen LogP contribution in [0.1, 0.15) is 33.2 Å². The zero-order valence-corrected chi connectivity index (χ0v) is 20.4. The molecule has 2 amide bonds. The molecule has 3 aromatic carbocycles. The van der Waals surface area contributed by atoms with Gasteiger partial charge in [0.15, 0.2) is 0 Å². The van der Waals surface area contributed by atoms with Gasteiger partial charge in [0.05, 0.1) is 18.4 Å². The van der Waals surface area contributed by atoms with Crippen LogP contribution < -0.4 is 20.7 Å². The lowest BCUT2D eigenvalue weighted by molar-refractivity contribution is 0.102. The van der Waals surface area contributed by atoms with E-state index in [0.29, 0.717) is 16.3 Å². The minimum Gasteiger partial charge on any atom is -0.494 e. The van der Waals surface area contributed by atoms with E-state index < -0.39 is 11.8 Å². The van der Waals surface area contributed by atoms with E-state index in [9.17, 15) is 9.59 Å². The summed E-state index contributed by atoms with van der Waals surface area (Å²) < 4.78 is 5.39. The Balaban J connectivity index is 1.89. The molecule has 0 atom stereocenters. The molecule has 0 heterocycles. The molecule has 0 bridgehead atoms. The number of amides is 2. The topological polar surface area (TPSA) is 91.8 Å². The van der Waals surface area contributed by atoms with Crippen LogP contribution in [-0.2, 0) is 0 Å². The first-order valence-electron chi connectivity index (χ1n) is 10.4. The van der Waals surface area contributed by atoms with Crippen LogP contribution in [0.5, 0.6) is 5.75 Å². The number of anilines is 2. The summed E-state index contributed by atoms with van der Waals surface area (Å²) in [7, 11) is 3.13. The molecule has 0 fully saturated rings. The largest absolute Gasteiger partial charge is 0.494 e. The van der Waals surface area contributed by atoms with Gasteiger partial charge in [-0.15, -0.1) is 0 Å². The lowest BCUT2D eigenvalue weighted by Crippen LogP contribution is -2.24. The lowest BCUT2D eigenvalue weighted by Gasteiger charge is -2.16. The average Bonchev–Trinajstić information content (AvgIpc) is 2.84. The van der Waals surface area contributed by atoms with Gasteiger partial charge in [-0.2, -0.15) is 0 Å². The van der Waals surface area contributed by atoms with Gasteiger partial charge in [0.25, 0.3) is 11.8 Å². The molecule has 176 valence electrons. The molecule has 0 unspecified atom stereocenters. The third-order valence-electron chi connectivity index (χ3n) is 4.86. The molecule has 3 rings (SSSR count). The van der Waals surface area contributed by atoms with Crippen LogP contribution in [0.25, 0.3) is 0 Å². The number of rotatable bonds is 7. The maximum atomic E-state index is 13.0. The number of nitrogens with one attached hydrogen (secondary N) is 3. The summed E-state index contributed by atoms with van der Waals surface area (Å²) in [5, 5.41) is 9.56. The molecule has 3 aromatic rings. The summed E-state index contributed by atoms with van der Waals surface area (Å²) in [6.45, 7) is 2.71. The monoisotopic (exact) mass is 498 g/mol. The van der Waals surface area contributed by atoms with Crippen molar-refractivity contribution in [2.24, 2.45) is 4.99 Å². The molecule has 0 saturated heterocycles. The molecule has 0 aliphatic rings. The maximum absolute atomic E-state index is 13.0. The predicted molar refractivity (Wildman–Crippen MR) is 138 cm³/mol. The summed E-state index contributed by atoms with van der Waals surface area (Å²) >= 11 is 12.1. The number of benzene rings is 3. The fraction of sp³-hybridized carbons (Fsp3) is 0.160. The molecule has 0 aliphatic carbocycles. The summed E-state index contributed by atoms with van der Waals surface area (Å²) in [5.41, 5.74) is 2.15. The zero-order chi connectivity index (χ0) is 24.7. The lowest BCUT2D eigenvalue weighted by atomic mass is 10.1. The van der Waals surface area contributed by atoms with Crippen LogP contribution in [0.4, 0.5) is 11.4 Å². The molecule has 3 N–H and O–H groups in total. The van der Waals surface area contributed by atoms with Crippen LogP contribution in [-0.4, -0.2) is 38.4 Å². The van der Waals surface area contributed by atoms with Crippen molar-refractivity contribution < 1.29 is 14.3 Å². The van der Waals surface area contributed by atoms with Crippen LogP contribution in [0.15, 0.2) is 65.7 Å². The van der Waals surface area contributed by atoms with Crippen molar-refractivity contribution in [3.05, 3.63) is 87.4 Å². The van der Waals surface area contributed by atoms with Crippen molar-refractivity contribution in [1.29, 1.82) is 0 Å². The first kappa shape index (κ1) is 25.1. The molecule has 9 heteroatoms. The van der Waals surface area contributed by atoms with E-state index in [-0.39, 0.29) is 22.0 Å². The van der Waals surface area contributed by atoms with Crippen LogP contribution in [0, 0.1) is 0 Å². The molecule has 34 heavy (non-hydrogen) atoms. The van der Waals surface area contributed by atoms with Gasteiger partial charge < -0.3 is 20.7 Å². The number of carbonyl (C=O) groups is 2. The molecule has 0 saturated carbocycles. The summed E-state index contributed by atoms with van der Waals surface area (Å²) in [6.07, 6.45) is 0. The Morgan fingerprint density at radius 1 is 0.882 bits per heavy atom. The molecular formula is C25H24Cl2N4O3. The second-order valence-electron chi connectivity index (χ2n) is 7.13. The smallest absolute Gasteiger partial charge is 0.257 e. The standard InChI is InChI=1S/C25H24Cl2N4O3/c1-4-29-23(28-2)15-5-7-16(8-6-15)24(32)31-22-20(13-18(27)14-21(22)34-3)25(33)30-19-11-9-17(26)10-12-19/h5-14H,4H2,1-3H3,(H,28,29)(H,30,33)(H,31,32). The number of aliphatic imine (C=N–C) groups is 1. The van der Waals surface area contributed by atoms with Gasteiger partial charge in [-0.1, -0.05) is 35.3 Å². The SMILES string of the molecule is CCNC(=NC)c1ccc(C(=O)Nc2c(OC)cc(Cl)cc2C(=O)Nc2ccc(Cl)cc2)cc1. The first-order chi connectivity index (χ1) is 16.4. The van der Waals surface area contributed by atoms with E-state index in [2.05, 4.69) is 20.9 Å². The normalized spacial score (nSPS) is 11.0. The highest BCUT2D eigenvalue weighted by Crippen LogP contribution is 2.33. The number of ether oxygens (including phenoxy) is 1. The van der Waals surface area contributed by atoms with Crippen molar-refractivity contribution in [2.75, 3.05) is 31.3 Å². The van der Waals surface area contributed by atoms with E-state index in [1.54, 1.807) is 55.6 Å². The molecule has 0 radical (unpaired) electrons. The molecule has 7 nitrogen and oxygen atoms in total. The minimum atomic E-state index is -0.469. The highest BCUT2D eigenvalue weighted by Gasteiger charge is 2.20. The Labute approximate surface area is 208 Å². The Morgan fingerprint density at radius 2 is 1.53 bits per heavy atom. The number of carbonyl (C=O) groups excluding carboxylic acids is 2. The molecular weight excluding hydrogens is 475 g/mol. The molecule has 0 aromatic heterocycles. The molecule has 0 spiro atoms. The third kappa shape index (κ3) is 6.07. The fourth-order valence-corrected chi connectivity index (χ4v) is 3.56. The minimum absolute atomic E-state index is 0.150. The van der Waals surface area contributed by atoms with Gasteiger partial charge >= 0.3 is 0 Å². The fourth-order valence-electron chi connectivity index (χ4n) is 3.23. The van der Waals surface area contributed by atoms with E-state index in [1.807, 2.05) is 6.92 Å². The van der Waals surface area contributed by atoms with Crippen molar-refractivity contribution in [3.63, 3.8) is 0 Å². The van der Waals surface area contributed by atoms with Crippen molar-refractivity contribution in [3.8, 4) is 5.75 Å². The Morgan fingerprint density at radius 3 is 2.12 bits per heavy atom. The van der Waals surface area contributed by atoms with Gasteiger partial charge in [-0.25, -0.2) is 0 Å². The van der Waals surface area contributed by atoms with Crippen molar-refractivity contribution in [2.45, 2.75) is 6.92 Å². The maximum Gasteiger partial charge on any atom is 0.257 e. The Hall–Kier alpha value is -3.55. The second-order valence-corrected chi connectivity index (χ2v) is 8.00. The highest BCUT2D eigenvalue weighted by molar-refractivity contribution is 6.32. The Kier molecular flexibility index (Phi) is 8.51. The van der Waals surface area contributed by atoms with E-state index >= 15 is 0 Å². The van der Waals surface area contributed by atoms with Crippen LogP contribution in [0.3, 0.4) is 0 Å². The first-order valence-corrected chi connectivity index (χ1v) is 11.2. The predicted octanol–water partition coefficient (Wildman–Crippen LogP) is 5.49.